The van der Waals surface area contributed by atoms with Gasteiger partial charge in [0.25, 0.3) is 0 Å². The van der Waals surface area contributed by atoms with Crippen LogP contribution in [0, 0.1) is 5.82 Å². The van der Waals surface area contributed by atoms with E-state index in [1.807, 2.05) is 11.9 Å². The average Bonchev–Trinajstić information content (AvgIpc) is 3.01. The number of halogens is 1. The number of rotatable bonds is 4. The number of nitrogens with zero attached hydrogens (tertiary/aromatic N) is 4. The molecule has 1 aromatic heterocycles. The van der Waals surface area contributed by atoms with Crippen molar-refractivity contribution in [2.75, 3.05) is 11.9 Å². The molecule has 1 aliphatic rings. The molecular formula is C16H19FN4O2. The van der Waals surface area contributed by atoms with E-state index in [1.165, 1.54) is 18.6 Å². The van der Waals surface area contributed by atoms with Crippen LogP contribution in [0.4, 0.5) is 10.2 Å². The summed E-state index contributed by atoms with van der Waals surface area (Å²) in [5.74, 6) is -1.37. The second kappa shape index (κ2) is 6.36. The van der Waals surface area contributed by atoms with E-state index in [4.69, 9.17) is 0 Å². The van der Waals surface area contributed by atoms with Crippen LogP contribution in [-0.4, -0.2) is 39.2 Å². The van der Waals surface area contributed by atoms with Gasteiger partial charge in [0.1, 0.15) is 5.69 Å². The van der Waals surface area contributed by atoms with Crippen LogP contribution >= 0.6 is 0 Å². The van der Waals surface area contributed by atoms with Crippen molar-refractivity contribution in [3.8, 4) is 5.69 Å². The van der Waals surface area contributed by atoms with Gasteiger partial charge in [-0.1, -0.05) is 31.4 Å². The second-order valence-corrected chi connectivity index (χ2v) is 5.82. The second-order valence-electron chi connectivity index (χ2n) is 5.82. The maximum Gasteiger partial charge on any atom is 0.360 e. The lowest BCUT2D eigenvalue weighted by atomic mass is 9.94. The van der Waals surface area contributed by atoms with Crippen molar-refractivity contribution in [1.82, 2.24) is 15.0 Å². The van der Waals surface area contributed by atoms with E-state index in [0.29, 0.717) is 0 Å². The first-order valence-corrected chi connectivity index (χ1v) is 7.76. The van der Waals surface area contributed by atoms with Gasteiger partial charge in [-0.05, 0) is 25.0 Å². The Kier molecular flexibility index (Phi) is 4.27. The van der Waals surface area contributed by atoms with Gasteiger partial charge >= 0.3 is 5.97 Å². The molecule has 2 aromatic rings. The molecule has 122 valence electrons. The zero-order valence-electron chi connectivity index (χ0n) is 12.9. The highest BCUT2D eigenvalue weighted by atomic mass is 19.1. The molecule has 3 rings (SSSR count). The van der Waals surface area contributed by atoms with E-state index >= 15 is 0 Å². The summed E-state index contributed by atoms with van der Waals surface area (Å²) in [6.45, 7) is 0. The van der Waals surface area contributed by atoms with Gasteiger partial charge in [-0.3, -0.25) is 0 Å². The Morgan fingerprint density at radius 1 is 1.26 bits per heavy atom. The predicted molar refractivity (Wildman–Crippen MR) is 83.6 cm³/mol. The van der Waals surface area contributed by atoms with Crippen molar-refractivity contribution in [3.63, 3.8) is 0 Å². The molecule has 0 amide bonds. The van der Waals surface area contributed by atoms with Gasteiger partial charge in [0.05, 0.1) is 0 Å². The molecule has 1 aliphatic carbocycles. The van der Waals surface area contributed by atoms with E-state index in [2.05, 4.69) is 10.2 Å². The molecule has 0 bridgehead atoms. The Bertz CT molecular complexity index is 710. The van der Waals surface area contributed by atoms with Crippen LogP contribution < -0.4 is 4.90 Å². The van der Waals surface area contributed by atoms with Crippen molar-refractivity contribution in [1.29, 1.82) is 0 Å². The van der Waals surface area contributed by atoms with Crippen LogP contribution in [0.3, 0.4) is 0 Å². The standard InChI is InChI=1S/C16H19FN4O2/c1-20(11-7-3-2-4-8-11)15-14(16(22)23)18-21(19-15)13-10-6-5-9-12(13)17/h5-6,9-11H,2-4,7-8H2,1H3,(H,22,23). The Labute approximate surface area is 133 Å². The van der Waals surface area contributed by atoms with Gasteiger partial charge in [-0.25, -0.2) is 9.18 Å². The Hall–Kier alpha value is -2.44. The Morgan fingerprint density at radius 3 is 2.61 bits per heavy atom. The fraction of sp³-hybridized carbons (Fsp3) is 0.438. The number of hydrogen-bond donors (Lipinski definition) is 1. The first-order valence-electron chi connectivity index (χ1n) is 7.76. The van der Waals surface area contributed by atoms with E-state index in [0.717, 1.165) is 30.5 Å². The number of aromatic carboxylic acids is 1. The quantitative estimate of drug-likeness (QED) is 0.938. The normalized spacial score (nSPS) is 15.6. The zero-order valence-corrected chi connectivity index (χ0v) is 12.9. The molecule has 0 atom stereocenters. The van der Waals surface area contributed by atoms with Gasteiger partial charge < -0.3 is 10.0 Å². The smallest absolute Gasteiger partial charge is 0.360 e. The number of carboxylic acids is 1. The predicted octanol–water partition coefficient (Wildman–Crippen LogP) is 2.87. The number of para-hydroxylation sites is 1. The number of anilines is 1. The summed E-state index contributed by atoms with van der Waals surface area (Å²) in [4.78, 5) is 14.4. The summed E-state index contributed by atoms with van der Waals surface area (Å²) in [6, 6.07) is 6.28. The summed E-state index contributed by atoms with van der Waals surface area (Å²) in [5, 5.41) is 17.6. The van der Waals surface area contributed by atoms with Crippen LogP contribution in [-0.2, 0) is 0 Å². The fourth-order valence-electron chi connectivity index (χ4n) is 3.04. The minimum atomic E-state index is -1.16. The molecule has 0 saturated heterocycles. The minimum absolute atomic E-state index is 0.137. The number of carboxylic acid groups (broad SMARTS) is 1. The van der Waals surface area contributed by atoms with E-state index < -0.39 is 11.8 Å². The lowest BCUT2D eigenvalue weighted by Crippen LogP contribution is -2.34. The summed E-state index contributed by atoms with van der Waals surface area (Å²) >= 11 is 0. The third-order valence-corrected chi connectivity index (χ3v) is 4.32. The zero-order chi connectivity index (χ0) is 16.4. The van der Waals surface area contributed by atoms with Crippen LogP contribution in [0.25, 0.3) is 5.69 Å². The van der Waals surface area contributed by atoms with Crippen molar-refractivity contribution in [2.24, 2.45) is 0 Å². The van der Waals surface area contributed by atoms with E-state index in [-0.39, 0.29) is 23.2 Å². The molecule has 7 heteroatoms. The molecule has 1 fully saturated rings. The first kappa shape index (κ1) is 15.5. The molecule has 6 nitrogen and oxygen atoms in total. The summed E-state index contributed by atoms with van der Waals surface area (Å²) in [5.41, 5.74) is -0.0142. The highest BCUT2D eigenvalue weighted by Gasteiger charge is 2.27. The number of benzene rings is 1. The summed E-state index contributed by atoms with van der Waals surface area (Å²) < 4.78 is 13.9. The summed E-state index contributed by atoms with van der Waals surface area (Å²) in [7, 11) is 1.83. The molecular weight excluding hydrogens is 299 g/mol. The van der Waals surface area contributed by atoms with Gasteiger partial charge in [-0.15, -0.1) is 15.0 Å². The van der Waals surface area contributed by atoms with E-state index in [1.54, 1.807) is 12.1 Å². The number of carbonyl (C=O) groups is 1. The largest absolute Gasteiger partial charge is 0.476 e. The van der Waals surface area contributed by atoms with Crippen molar-refractivity contribution in [2.45, 2.75) is 38.1 Å². The third-order valence-electron chi connectivity index (χ3n) is 4.32. The Balaban J connectivity index is 1.99. The van der Waals surface area contributed by atoms with Crippen molar-refractivity contribution in [3.05, 3.63) is 35.8 Å². The molecule has 0 aliphatic heterocycles. The highest BCUT2D eigenvalue weighted by molar-refractivity contribution is 5.91. The van der Waals surface area contributed by atoms with Crippen LogP contribution in [0.15, 0.2) is 24.3 Å². The minimum Gasteiger partial charge on any atom is -0.476 e. The number of hydrogen-bond acceptors (Lipinski definition) is 4. The average molecular weight is 318 g/mol. The van der Waals surface area contributed by atoms with Crippen molar-refractivity contribution >= 4 is 11.8 Å². The van der Waals surface area contributed by atoms with E-state index in [9.17, 15) is 14.3 Å². The summed E-state index contributed by atoms with van der Waals surface area (Å²) in [6.07, 6.45) is 5.46. The molecule has 1 heterocycles. The van der Waals surface area contributed by atoms with Crippen LogP contribution in [0.5, 0.6) is 0 Å². The van der Waals surface area contributed by atoms with Gasteiger partial charge in [0.15, 0.2) is 11.6 Å². The highest BCUT2D eigenvalue weighted by Crippen LogP contribution is 2.27. The first-order chi connectivity index (χ1) is 11.1. The molecule has 1 aromatic carbocycles. The van der Waals surface area contributed by atoms with Gasteiger partial charge in [-0.2, -0.15) is 0 Å². The van der Waals surface area contributed by atoms with Gasteiger partial charge in [0, 0.05) is 13.1 Å². The lowest BCUT2D eigenvalue weighted by Gasteiger charge is -2.31. The molecule has 1 N–H and O–H groups in total. The molecule has 1 saturated carbocycles. The number of aromatic nitrogens is 3. The molecule has 0 spiro atoms. The van der Waals surface area contributed by atoms with Crippen LogP contribution in [0.2, 0.25) is 0 Å². The van der Waals surface area contributed by atoms with Gasteiger partial charge in [0.2, 0.25) is 5.69 Å². The third kappa shape index (κ3) is 3.04. The molecule has 0 unspecified atom stereocenters. The SMILES string of the molecule is CN(c1nn(-c2ccccc2F)nc1C(=O)O)C1CCCCC1. The fourth-order valence-corrected chi connectivity index (χ4v) is 3.04. The monoisotopic (exact) mass is 318 g/mol. The lowest BCUT2D eigenvalue weighted by molar-refractivity contribution is 0.0690. The molecule has 0 radical (unpaired) electrons. The maximum atomic E-state index is 13.9. The topological polar surface area (TPSA) is 71.2 Å². The van der Waals surface area contributed by atoms with Crippen LogP contribution in [0.1, 0.15) is 42.6 Å². The maximum absolute atomic E-state index is 13.9. The Morgan fingerprint density at radius 2 is 1.96 bits per heavy atom. The van der Waals surface area contributed by atoms with Crippen molar-refractivity contribution < 1.29 is 14.3 Å². The molecule has 23 heavy (non-hydrogen) atoms.